The molecule has 2 N–H and O–H groups in total. The largest absolute Gasteiger partial charge is 0.392 e. The van der Waals surface area contributed by atoms with Gasteiger partial charge in [-0.3, -0.25) is 0 Å². The first-order chi connectivity index (χ1) is 10.3. The van der Waals surface area contributed by atoms with E-state index in [-0.39, 0.29) is 6.61 Å². The maximum Gasteiger partial charge on any atom is 0.0681 e. The Kier molecular flexibility index (Phi) is 4.73. The molecular formula is C18H23NOS. The van der Waals surface area contributed by atoms with Crippen molar-refractivity contribution in [2.75, 3.05) is 0 Å². The lowest BCUT2D eigenvalue weighted by molar-refractivity contribution is 0.281. The van der Waals surface area contributed by atoms with E-state index in [1.807, 2.05) is 23.5 Å². The molecule has 0 spiro atoms. The lowest BCUT2D eigenvalue weighted by Gasteiger charge is -2.12. The van der Waals surface area contributed by atoms with Crippen molar-refractivity contribution in [3.8, 4) is 0 Å². The van der Waals surface area contributed by atoms with E-state index in [0.29, 0.717) is 6.04 Å². The Morgan fingerprint density at radius 1 is 1.19 bits per heavy atom. The van der Waals surface area contributed by atoms with Crippen LogP contribution in [0.3, 0.4) is 0 Å². The average molecular weight is 301 g/mol. The van der Waals surface area contributed by atoms with Crippen molar-refractivity contribution >= 4 is 11.3 Å². The van der Waals surface area contributed by atoms with E-state index in [1.165, 1.54) is 36.1 Å². The maximum absolute atomic E-state index is 9.19. The topological polar surface area (TPSA) is 32.3 Å². The third-order valence-electron chi connectivity index (χ3n) is 4.23. The Balaban J connectivity index is 1.63. The lowest BCUT2D eigenvalue weighted by atomic mass is 9.99. The van der Waals surface area contributed by atoms with Crippen molar-refractivity contribution in [1.29, 1.82) is 0 Å². The highest BCUT2D eigenvalue weighted by molar-refractivity contribution is 7.12. The molecule has 0 saturated carbocycles. The first-order valence-electron chi connectivity index (χ1n) is 7.80. The molecule has 0 saturated heterocycles. The lowest BCUT2D eigenvalue weighted by Crippen LogP contribution is -2.17. The number of aliphatic hydroxyl groups excluding tert-OH is 1. The first-order valence-corrected chi connectivity index (χ1v) is 8.61. The fourth-order valence-corrected chi connectivity index (χ4v) is 4.22. The molecule has 21 heavy (non-hydrogen) atoms. The van der Waals surface area contributed by atoms with Gasteiger partial charge >= 0.3 is 0 Å². The number of fused-ring (bicyclic) bond motifs is 1. The second-order valence-electron chi connectivity index (χ2n) is 5.88. The van der Waals surface area contributed by atoms with Crippen LogP contribution in [0.1, 0.15) is 52.3 Å². The molecule has 2 aromatic rings. The minimum Gasteiger partial charge on any atom is -0.392 e. The van der Waals surface area contributed by atoms with Crippen molar-refractivity contribution in [2.45, 2.75) is 51.8 Å². The van der Waals surface area contributed by atoms with Gasteiger partial charge in [0.2, 0.25) is 0 Å². The summed E-state index contributed by atoms with van der Waals surface area (Å²) in [4.78, 5) is 3.06. The molecule has 0 amide bonds. The third-order valence-corrected chi connectivity index (χ3v) is 5.65. The molecule has 0 aliphatic heterocycles. The molecule has 3 heteroatoms. The van der Waals surface area contributed by atoms with Crippen LogP contribution in [0.25, 0.3) is 0 Å². The zero-order valence-electron chi connectivity index (χ0n) is 12.6. The minimum absolute atomic E-state index is 0.112. The molecule has 1 aromatic heterocycles. The Bertz CT molecular complexity index is 582. The maximum atomic E-state index is 9.19. The van der Waals surface area contributed by atoms with Crippen LogP contribution >= 0.6 is 11.3 Å². The normalized spacial score (nSPS) is 15.7. The van der Waals surface area contributed by atoms with Crippen LogP contribution in [0.4, 0.5) is 0 Å². The molecule has 1 atom stereocenters. The van der Waals surface area contributed by atoms with E-state index < -0.39 is 0 Å². The molecule has 2 nitrogen and oxygen atoms in total. The van der Waals surface area contributed by atoms with E-state index in [0.717, 1.165) is 12.1 Å². The highest BCUT2D eigenvalue weighted by Gasteiger charge is 2.16. The molecular weight excluding hydrogens is 278 g/mol. The summed E-state index contributed by atoms with van der Waals surface area (Å²) in [6.07, 6.45) is 5.23. The average Bonchev–Trinajstić information content (AvgIpc) is 2.97. The third kappa shape index (κ3) is 3.54. The first kappa shape index (κ1) is 14.8. The fourth-order valence-electron chi connectivity index (χ4n) is 2.94. The number of thiophene rings is 1. The summed E-state index contributed by atoms with van der Waals surface area (Å²) in [6, 6.07) is 10.9. The van der Waals surface area contributed by atoms with Gasteiger partial charge < -0.3 is 10.4 Å². The summed E-state index contributed by atoms with van der Waals surface area (Å²) < 4.78 is 0. The van der Waals surface area contributed by atoms with Crippen LogP contribution in [0.15, 0.2) is 30.3 Å². The molecule has 1 aromatic carbocycles. The van der Waals surface area contributed by atoms with Crippen molar-refractivity contribution in [1.82, 2.24) is 5.32 Å². The summed E-state index contributed by atoms with van der Waals surface area (Å²) in [6.45, 7) is 3.20. The summed E-state index contributed by atoms with van der Waals surface area (Å²) in [5.41, 5.74) is 3.79. The zero-order chi connectivity index (χ0) is 14.7. The Hall–Kier alpha value is -1.16. The van der Waals surface area contributed by atoms with Gasteiger partial charge in [0.05, 0.1) is 6.61 Å². The summed E-state index contributed by atoms with van der Waals surface area (Å²) >= 11 is 1.98. The number of hydrogen-bond acceptors (Lipinski definition) is 3. The zero-order valence-corrected chi connectivity index (χ0v) is 13.4. The number of rotatable bonds is 5. The molecule has 1 heterocycles. The van der Waals surface area contributed by atoms with Crippen molar-refractivity contribution < 1.29 is 5.11 Å². The number of nitrogens with one attached hydrogen (secondary N) is 1. The van der Waals surface area contributed by atoms with Gasteiger partial charge in [0.1, 0.15) is 0 Å². The monoisotopic (exact) mass is 301 g/mol. The van der Waals surface area contributed by atoms with Crippen molar-refractivity contribution in [2.24, 2.45) is 0 Å². The van der Waals surface area contributed by atoms with Crippen molar-refractivity contribution in [3.63, 3.8) is 0 Å². The van der Waals surface area contributed by atoms with E-state index >= 15 is 0 Å². The molecule has 1 aliphatic rings. The summed E-state index contributed by atoms with van der Waals surface area (Å²) in [7, 11) is 0. The molecule has 0 bridgehead atoms. The van der Waals surface area contributed by atoms with E-state index in [1.54, 1.807) is 10.4 Å². The summed E-state index contributed by atoms with van der Waals surface area (Å²) in [5, 5.41) is 12.8. The van der Waals surface area contributed by atoms with Crippen LogP contribution in [0.2, 0.25) is 0 Å². The van der Waals surface area contributed by atoms with Crippen LogP contribution in [-0.2, 0) is 26.0 Å². The van der Waals surface area contributed by atoms with Crippen LogP contribution in [0.5, 0.6) is 0 Å². The number of aryl methyl sites for hydroxylation is 2. The number of benzene rings is 1. The summed E-state index contributed by atoms with van der Waals surface area (Å²) in [5.74, 6) is 0. The predicted octanol–water partition coefficient (Wildman–Crippen LogP) is 3.97. The van der Waals surface area contributed by atoms with Gasteiger partial charge in [-0.05, 0) is 55.4 Å². The van der Waals surface area contributed by atoms with Gasteiger partial charge in [0.25, 0.3) is 0 Å². The van der Waals surface area contributed by atoms with Gasteiger partial charge in [0, 0.05) is 22.3 Å². The van der Waals surface area contributed by atoms with Crippen LogP contribution in [0, 0.1) is 0 Å². The predicted molar refractivity (Wildman–Crippen MR) is 88.6 cm³/mol. The molecule has 3 rings (SSSR count). The van der Waals surface area contributed by atoms with Gasteiger partial charge in [0.15, 0.2) is 0 Å². The Morgan fingerprint density at radius 2 is 2.00 bits per heavy atom. The quantitative estimate of drug-likeness (QED) is 0.876. The van der Waals surface area contributed by atoms with Gasteiger partial charge in [-0.15, -0.1) is 11.3 Å². The molecule has 0 fully saturated rings. The highest BCUT2D eigenvalue weighted by Crippen LogP contribution is 2.32. The number of aliphatic hydroxyl groups is 1. The Morgan fingerprint density at radius 3 is 2.81 bits per heavy atom. The molecule has 112 valence electrons. The van der Waals surface area contributed by atoms with Gasteiger partial charge in [-0.1, -0.05) is 24.3 Å². The van der Waals surface area contributed by atoms with E-state index in [9.17, 15) is 5.11 Å². The second kappa shape index (κ2) is 6.73. The van der Waals surface area contributed by atoms with Crippen molar-refractivity contribution in [3.05, 3.63) is 56.8 Å². The molecule has 1 unspecified atom stereocenters. The van der Waals surface area contributed by atoms with E-state index in [4.69, 9.17) is 0 Å². The van der Waals surface area contributed by atoms with E-state index in [2.05, 4.69) is 30.4 Å². The smallest absolute Gasteiger partial charge is 0.0681 e. The number of hydrogen-bond donors (Lipinski definition) is 2. The van der Waals surface area contributed by atoms with Crippen LogP contribution < -0.4 is 5.32 Å². The SMILES string of the molecule is CC(NCc1cccc(CO)c1)c1cc2c(s1)CCCC2. The van der Waals surface area contributed by atoms with Gasteiger partial charge in [-0.2, -0.15) is 0 Å². The molecule has 0 radical (unpaired) electrons. The minimum atomic E-state index is 0.112. The second-order valence-corrected chi connectivity index (χ2v) is 7.05. The highest BCUT2D eigenvalue weighted by atomic mass is 32.1. The van der Waals surface area contributed by atoms with Gasteiger partial charge in [-0.25, -0.2) is 0 Å². The standard InChI is InChI=1S/C18H23NOS/c1-13(18-10-16-7-2-3-8-17(16)21-18)19-11-14-5-4-6-15(9-14)12-20/h4-6,9-10,13,19-20H,2-3,7-8,11-12H2,1H3. The fraction of sp³-hybridized carbons (Fsp3) is 0.444. The Labute approximate surface area is 130 Å². The molecule has 1 aliphatic carbocycles. The van der Waals surface area contributed by atoms with Crippen LogP contribution in [-0.4, -0.2) is 5.11 Å².